The van der Waals surface area contributed by atoms with E-state index in [1.165, 1.54) is 17.7 Å². The van der Waals surface area contributed by atoms with Crippen molar-refractivity contribution in [3.63, 3.8) is 0 Å². The fourth-order valence-electron chi connectivity index (χ4n) is 8.68. The minimum atomic E-state index is -0.314. The van der Waals surface area contributed by atoms with E-state index in [2.05, 4.69) is 75.4 Å². The van der Waals surface area contributed by atoms with Crippen LogP contribution >= 0.6 is 0 Å². The van der Waals surface area contributed by atoms with Crippen molar-refractivity contribution >= 4 is 64.6 Å². The summed E-state index contributed by atoms with van der Waals surface area (Å²) in [5.41, 5.74) is 6.87. The molecule has 0 spiro atoms. The second-order valence-corrected chi connectivity index (χ2v) is 15.2. The first-order valence-corrected chi connectivity index (χ1v) is 18.0. The number of halogens is 3. The van der Waals surface area contributed by atoms with Gasteiger partial charge >= 0.3 is 0 Å². The minimum Gasteiger partial charge on any atom is -0.207 e. The number of benzene rings is 10. The molecule has 0 saturated carbocycles. The number of fused-ring (bicyclic) bond motifs is 3. The van der Waals surface area contributed by atoms with E-state index in [1.54, 1.807) is 24.3 Å². The summed E-state index contributed by atoms with van der Waals surface area (Å²) < 4.78 is 46.7. The first-order valence-electron chi connectivity index (χ1n) is 18.0. The maximum atomic E-state index is 16.4. The summed E-state index contributed by atoms with van der Waals surface area (Å²) >= 11 is 0. The fraction of sp³-hybridized carbons (Fsp3) is 0.0800. The second kappa shape index (κ2) is 11.4. The Hall–Kier alpha value is -6.19. The Morgan fingerprint density at radius 3 is 1.72 bits per heavy atom. The Labute approximate surface area is 305 Å². The molecule has 0 aliphatic carbocycles. The maximum absolute atomic E-state index is 16.4. The number of hydrogen-bond acceptors (Lipinski definition) is 0. The Morgan fingerprint density at radius 2 is 0.962 bits per heavy atom. The Bertz CT molecular complexity index is 3110. The molecule has 0 aliphatic heterocycles. The largest absolute Gasteiger partial charge is 0.207 e. The predicted molar refractivity (Wildman–Crippen MR) is 218 cm³/mol. The SMILES string of the molecule is CC(C)(C)c1ccc(-c2c3ccccc3c(-c3ccc4c(F)cc5c(-c6ccc(F)c7ccccc67)ccc6ccc3c4c65)c3ccc(F)cc23)cc1. The van der Waals surface area contributed by atoms with Gasteiger partial charge in [-0.25, -0.2) is 13.2 Å². The first-order chi connectivity index (χ1) is 25.7. The zero-order valence-corrected chi connectivity index (χ0v) is 29.5. The van der Waals surface area contributed by atoms with E-state index in [9.17, 15) is 4.39 Å². The summed E-state index contributed by atoms with van der Waals surface area (Å²) in [4.78, 5) is 0. The standard InChI is InChI=1S/C50H33F3/c1-50(2,3)30-16-12-28(13-17-30)46-36-10-6-7-11-37(36)48(40-21-18-31(51)26-42(40)46)38-22-23-41-45(53)27-43-34(19-14-29-15-20-39(38)49(41)47(29)43)33-24-25-44(52)35-9-5-4-8-32(33)35/h4-27H,1-3H3. The van der Waals surface area contributed by atoms with E-state index in [-0.39, 0.29) is 22.9 Å². The predicted octanol–water partition coefficient (Wildman–Crippen LogP) is 14.8. The average molecular weight is 691 g/mol. The van der Waals surface area contributed by atoms with Gasteiger partial charge in [-0.2, -0.15) is 0 Å². The van der Waals surface area contributed by atoms with Crippen molar-refractivity contribution in [1.29, 1.82) is 0 Å². The van der Waals surface area contributed by atoms with Crippen LogP contribution < -0.4 is 0 Å². The van der Waals surface area contributed by atoms with Gasteiger partial charge in [0.25, 0.3) is 0 Å². The van der Waals surface area contributed by atoms with E-state index in [0.29, 0.717) is 10.8 Å². The van der Waals surface area contributed by atoms with Crippen molar-refractivity contribution in [2.45, 2.75) is 26.2 Å². The third-order valence-electron chi connectivity index (χ3n) is 11.2. The summed E-state index contributed by atoms with van der Waals surface area (Å²) in [6.45, 7) is 6.60. The van der Waals surface area contributed by atoms with Gasteiger partial charge in [-0.3, -0.25) is 0 Å². The lowest BCUT2D eigenvalue weighted by atomic mass is 9.82. The van der Waals surface area contributed by atoms with Crippen molar-refractivity contribution in [1.82, 2.24) is 0 Å². The molecule has 10 aromatic carbocycles. The van der Waals surface area contributed by atoms with Crippen LogP contribution in [0.2, 0.25) is 0 Å². The molecule has 0 heterocycles. The molecule has 0 fully saturated rings. The minimum absolute atomic E-state index is 0.000692. The monoisotopic (exact) mass is 690 g/mol. The van der Waals surface area contributed by atoms with Gasteiger partial charge in [0.1, 0.15) is 17.5 Å². The van der Waals surface area contributed by atoms with E-state index < -0.39 is 0 Å². The summed E-state index contributed by atoms with van der Waals surface area (Å²) in [5.74, 6) is -0.902. The molecule has 10 aromatic rings. The van der Waals surface area contributed by atoms with Crippen LogP contribution in [0.3, 0.4) is 0 Å². The molecule has 0 unspecified atom stereocenters. The Balaban J connectivity index is 1.30. The van der Waals surface area contributed by atoms with Crippen molar-refractivity contribution < 1.29 is 13.2 Å². The third kappa shape index (κ3) is 4.70. The molecule has 3 heteroatoms. The molecule has 0 nitrogen and oxygen atoms in total. The summed E-state index contributed by atoms with van der Waals surface area (Å²) in [5, 5.41) is 10.1. The van der Waals surface area contributed by atoms with Crippen molar-refractivity contribution in [2.24, 2.45) is 0 Å². The number of hydrogen-bond donors (Lipinski definition) is 0. The molecule has 0 saturated heterocycles. The van der Waals surface area contributed by atoms with Crippen molar-refractivity contribution in [3.8, 4) is 33.4 Å². The van der Waals surface area contributed by atoms with Crippen LogP contribution in [0.5, 0.6) is 0 Å². The summed E-state index contributed by atoms with van der Waals surface area (Å²) in [6.07, 6.45) is 0. The molecular weight excluding hydrogens is 658 g/mol. The van der Waals surface area contributed by atoms with Gasteiger partial charge in [0.05, 0.1) is 0 Å². The molecule has 10 rings (SSSR count). The normalized spacial score (nSPS) is 12.3. The molecule has 0 radical (unpaired) electrons. The van der Waals surface area contributed by atoms with Crippen LogP contribution in [-0.4, -0.2) is 0 Å². The fourth-order valence-corrected chi connectivity index (χ4v) is 8.68. The van der Waals surface area contributed by atoms with Crippen LogP contribution in [0.15, 0.2) is 146 Å². The molecular formula is C50H33F3. The van der Waals surface area contributed by atoms with Crippen molar-refractivity contribution in [2.75, 3.05) is 0 Å². The Kier molecular flexibility index (Phi) is 6.79. The molecule has 254 valence electrons. The molecule has 0 bridgehead atoms. The average Bonchev–Trinajstić information content (AvgIpc) is 3.16. The first kappa shape index (κ1) is 31.5. The quantitative estimate of drug-likeness (QED) is 0.128. The zero-order chi connectivity index (χ0) is 36.2. The highest BCUT2D eigenvalue weighted by molar-refractivity contribution is 6.31. The van der Waals surface area contributed by atoms with Crippen LogP contribution in [-0.2, 0) is 5.41 Å². The van der Waals surface area contributed by atoms with Gasteiger partial charge in [-0.1, -0.05) is 142 Å². The van der Waals surface area contributed by atoms with Gasteiger partial charge in [0.2, 0.25) is 0 Å². The highest BCUT2D eigenvalue weighted by Gasteiger charge is 2.23. The van der Waals surface area contributed by atoms with E-state index in [0.717, 1.165) is 87.2 Å². The van der Waals surface area contributed by atoms with Crippen LogP contribution in [0.4, 0.5) is 13.2 Å². The summed E-state index contributed by atoms with van der Waals surface area (Å²) in [6, 6.07) is 46.6. The molecule has 53 heavy (non-hydrogen) atoms. The van der Waals surface area contributed by atoms with Gasteiger partial charge in [-0.05, 0) is 117 Å². The summed E-state index contributed by atoms with van der Waals surface area (Å²) in [7, 11) is 0. The third-order valence-corrected chi connectivity index (χ3v) is 11.2. The van der Waals surface area contributed by atoms with Crippen LogP contribution in [0.25, 0.3) is 98.0 Å². The van der Waals surface area contributed by atoms with Gasteiger partial charge in [0, 0.05) is 16.2 Å². The molecule has 0 amide bonds. The highest BCUT2D eigenvalue weighted by Crippen LogP contribution is 2.49. The van der Waals surface area contributed by atoms with E-state index >= 15 is 8.78 Å². The van der Waals surface area contributed by atoms with Gasteiger partial charge in [-0.15, -0.1) is 0 Å². The second-order valence-electron chi connectivity index (χ2n) is 15.2. The molecule has 0 N–H and O–H groups in total. The maximum Gasteiger partial charge on any atom is 0.131 e. The smallest absolute Gasteiger partial charge is 0.131 e. The lowest BCUT2D eigenvalue weighted by molar-refractivity contribution is 0.590. The van der Waals surface area contributed by atoms with E-state index in [4.69, 9.17) is 0 Å². The van der Waals surface area contributed by atoms with Gasteiger partial charge in [0.15, 0.2) is 0 Å². The number of rotatable bonds is 3. The highest BCUT2D eigenvalue weighted by atomic mass is 19.1. The Morgan fingerprint density at radius 1 is 0.377 bits per heavy atom. The van der Waals surface area contributed by atoms with Crippen molar-refractivity contribution in [3.05, 3.63) is 169 Å². The van der Waals surface area contributed by atoms with Crippen LogP contribution in [0.1, 0.15) is 26.3 Å². The lowest BCUT2D eigenvalue weighted by Gasteiger charge is -2.22. The topological polar surface area (TPSA) is 0 Å². The lowest BCUT2D eigenvalue weighted by Crippen LogP contribution is -2.10. The van der Waals surface area contributed by atoms with Crippen LogP contribution in [0, 0.1) is 17.5 Å². The molecule has 0 aliphatic rings. The van der Waals surface area contributed by atoms with Gasteiger partial charge < -0.3 is 0 Å². The van der Waals surface area contributed by atoms with E-state index in [1.807, 2.05) is 54.6 Å². The zero-order valence-electron chi connectivity index (χ0n) is 29.5. The molecule has 0 aromatic heterocycles. The molecule has 0 atom stereocenters.